The molecular formula is C17H18N3O3S+. The number of hydrogen-bond donors (Lipinski definition) is 2. The second kappa shape index (κ2) is 6.92. The molecule has 1 atom stereocenters. The molecule has 0 spiro atoms. The first kappa shape index (κ1) is 16.3. The van der Waals surface area contributed by atoms with Crippen molar-refractivity contribution >= 4 is 34.1 Å². The summed E-state index contributed by atoms with van der Waals surface area (Å²) < 4.78 is 6.20. The standard InChI is InChI=1S/C17H17N3O3S/c1-3-14(24-16-17(22)23-19-20(16)2)15(21)18-13-10-6-8-11-7-4-5-9-12(11)13/h4-10,14H,3H2,1-2H3,(H-,18,19,21,22)/p+1. The van der Waals surface area contributed by atoms with Crippen molar-refractivity contribution in [3.8, 4) is 0 Å². The summed E-state index contributed by atoms with van der Waals surface area (Å²) in [5.74, 6) is -0.139. The summed E-state index contributed by atoms with van der Waals surface area (Å²) in [6.45, 7) is 1.91. The highest BCUT2D eigenvalue weighted by Gasteiger charge is 2.27. The lowest BCUT2D eigenvalue weighted by Gasteiger charge is -2.13. The maximum atomic E-state index is 12.7. The SMILES string of the molecule is CCC(Sc1c(=O)o[nH][n+]1C)C(=O)Nc1cccc2ccccc12. The van der Waals surface area contributed by atoms with Crippen LogP contribution in [0, 0.1) is 0 Å². The van der Waals surface area contributed by atoms with Gasteiger partial charge in [-0.25, -0.2) is 4.79 Å². The first-order valence-electron chi connectivity index (χ1n) is 7.63. The number of anilines is 1. The van der Waals surface area contributed by atoms with E-state index in [-0.39, 0.29) is 5.91 Å². The van der Waals surface area contributed by atoms with Crippen LogP contribution in [0.3, 0.4) is 0 Å². The fraction of sp³-hybridized carbons (Fsp3) is 0.235. The van der Waals surface area contributed by atoms with Crippen LogP contribution in [0.1, 0.15) is 13.3 Å². The van der Waals surface area contributed by atoms with Gasteiger partial charge in [-0.3, -0.25) is 9.32 Å². The molecule has 0 aliphatic carbocycles. The maximum absolute atomic E-state index is 12.7. The van der Waals surface area contributed by atoms with Crippen LogP contribution < -0.4 is 15.6 Å². The molecule has 6 nitrogen and oxygen atoms in total. The van der Waals surface area contributed by atoms with Gasteiger partial charge in [-0.2, -0.15) is 0 Å². The third-order valence-corrected chi connectivity index (χ3v) is 5.21. The first-order chi connectivity index (χ1) is 11.6. The zero-order chi connectivity index (χ0) is 17.1. The van der Waals surface area contributed by atoms with Crippen LogP contribution in [0.4, 0.5) is 5.69 Å². The minimum absolute atomic E-state index is 0.139. The van der Waals surface area contributed by atoms with Gasteiger partial charge in [0.2, 0.25) is 5.91 Å². The average Bonchev–Trinajstić information content (AvgIpc) is 2.91. The molecule has 24 heavy (non-hydrogen) atoms. The Kier molecular flexibility index (Phi) is 4.71. The van der Waals surface area contributed by atoms with E-state index in [2.05, 4.69) is 10.6 Å². The number of nitrogens with zero attached hydrogens (tertiary/aromatic N) is 1. The highest BCUT2D eigenvalue weighted by atomic mass is 32.2. The van der Waals surface area contributed by atoms with E-state index in [0.29, 0.717) is 11.4 Å². The highest BCUT2D eigenvalue weighted by molar-refractivity contribution is 8.00. The Hall–Kier alpha value is -2.54. The second-order valence-electron chi connectivity index (χ2n) is 5.38. The zero-order valence-corrected chi connectivity index (χ0v) is 14.2. The first-order valence-corrected chi connectivity index (χ1v) is 8.51. The lowest BCUT2D eigenvalue weighted by molar-refractivity contribution is -0.772. The third-order valence-electron chi connectivity index (χ3n) is 3.72. The Bertz CT molecular complexity index is 927. The summed E-state index contributed by atoms with van der Waals surface area (Å²) in [6.07, 6.45) is 0.589. The van der Waals surface area contributed by atoms with Crippen LogP contribution in [-0.4, -0.2) is 16.4 Å². The number of carbonyl (C=O) groups is 1. The number of benzene rings is 2. The average molecular weight is 344 g/mol. The fourth-order valence-corrected chi connectivity index (χ4v) is 3.40. The Morgan fingerprint density at radius 1 is 1.29 bits per heavy atom. The molecule has 2 N–H and O–H groups in total. The second-order valence-corrected chi connectivity index (χ2v) is 6.57. The van der Waals surface area contributed by atoms with Crippen molar-refractivity contribution in [3.63, 3.8) is 0 Å². The summed E-state index contributed by atoms with van der Waals surface area (Å²) >= 11 is 1.19. The number of thioether (sulfide) groups is 1. The van der Waals surface area contributed by atoms with Crippen molar-refractivity contribution in [1.82, 2.24) is 5.27 Å². The number of aromatic amines is 1. The number of aryl methyl sites for hydroxylation is 1. The van der Waals surface area contributed by atoms with E-state index in [9.17, 15) is 9.59 Å². The maximum Gasteiger partial charge on any atom is 0.441 e. The molecule has 0 fully saturated rings. The van der Waals surface area contributed by atoms with Gasteiger partial charge in [-0.15, -0.1) is 0 Å². The van der Waals surface area contributed by atoms with Gasteiger partial charge >= 0.3 is 10.7 Å². The molecule has 1 aromatic heterocycles. The summed E-state index contributed by atoms with van der Waals surface area (Å²) in [6, 6.07) is 13.7. The number of nitrogens with one attached hydrogen (secondary N) is 2. The van der Waals surface area contributed by atoms with E-state index >= 15 is 0 Å². The van der Waals surface area contributed by atoms with Gasteiger partial charge in [-0.1, -0.05) is 48.0 Å². The highest BCUT2D eigenvalue weighted by Crippen LogP contribution is 2.26. The zero-order valence-electron chi connectivity index (χ0n) is 13.4. The van der Waals surface area contributed by atoms with Gasteiger partial charge in [0.25, 0.3) is 0 Å². The van der Waals surface area contributed by atoms with Crippen LogP contribution in [0.25, 0.3) is 10.8 Å². The molecule has 0 bridgehead atoms. The van der Waals surface area contributed by atoms with Crippen molar-refractivity contribution in [2.75, 3.05) is 5.32 Å². The Morgan fingerprint density at radius 2 is 2.04 bits per heavy atom. The molecule has 1 unspecified atom stereocenters. The molecule has 0 saturated carbocycles. The molecule has 7 heteroatoms. The van der Waals surface area contributed by atoms with E-state index in [0.717, 1.165) is 16.5 Å². The van der Waals surface area contributed by atoms with Gasteiger partial charge < -0.3 is 5.32 Å². The number of aromatic nitrogens is 2. The topological polar surface area (TPSA) is 79.0 Å². The van der Waals surface area contributed by atoms with Gasteiger partial charge in [-0.05, 0) is 34.9 Å². The van der Waals surface area contributed by atoms with Crippen molar-refractivity contribution in [1.29, 1.82) is 0 Å². The normalized spacial score (nSPS) is 12.2. The molecule has 0 saturated heterocycles. The van der Waals surface area contributed by atoms with Crippen molar-refractivity contribution in [2.45, 2.75) is 23.6 Å². The number of hydrogen-bond acceptors (Lipinski definition) is 4. The largest absolute Gasteiger partial charge is 0.441 e. The lowest BCUT2D eigenvalue weighted by atomic mass is 10.1. The fourth-order valence-electron chi connectivity index (χ4n) is 2.46. The van der Waals surface area contributed by atoms with Crippen molar-refractivity contribution < 1.29 is 14.0 Å². The smallest absolute Gasteiger partial charge is 0.325 e. The van der Waals surface area contributed by atoms with Gasteiger partial charge in [0.1, 0.15) is 0 Å². The third kappa shape index (κ3) is 3.21. The minimum atomic E-state index is -0.473. The number of H-pyrrole nitrogens is 1. The van der Waals surface area contributed by atoms with Crippen LogP contribution >= 0.6 is 11.8 Å². The number of carbonyl (C=O) groups excluding carboxylic acids is 1. The minimum Gasteiger partial charge on any atom is -0.325 e. The van der Waals surface area contributed by atoms with Crippen LogP contribution in [0.15, 0.2) is 56.8 Å². The van der Waals surface area contributed by atoms with Gasteiger partial charge in [0.05, 0.1) is 5.25 Å². The monoisotopic (exact) mass is 344 g/mol. The molecular weight excluding hydrogens is 326 g/mol. The van der Waals surface area contributed by atoms with E-state index in [1.807, 2.05) is 49.4 Å². The van der Waals surface area contributed by atoms with Crippen LogP contribution in [0.5, 0.6) is 0 Å². The molecule has 124 valence electrons. The molecule has 0 radical (unpaired) electrons. The molecule has 2 aromatic carbocycles. The summed E-state index contributed by atoms with van der Waals surface area (Å²) in [5, 5.41) is 7.46. The van der Waals surface area contributed by atoms with Crippen molar-refractivity contribution in [3.05, 3.63) is 52.9 Å². The number of amides is 1. The van der Waals surface area contributed by atoms with E-state index < -0.39 is 10.9 Å². The van der Waals surface area contributed by atoms with E-state index in [1.165, 1.54) is 16.4 Å². The quantitative estimate of drug-likeness (QED) is 0.550. The Balaban J connectivity index is 1.83. The van der Waals surface area contributed by atoms with Gasteiger partial charge in [0.15, 0.2) is 7.05 Å². The molecule has 3 rings (SSSR count). The van der Waals surface area contributed by atoms with Crippen LogP contribution in [-0.2, 0) is 11.8 Å². The Morgan fingerprint density at radius 3 is 2.75 bits per heavy atom. The molecule has 0 aliphatic heterocycles. The number of fused-ring (bicyclic) bond motifs is 1. The molecule has 1 amide bonds. The predicted molar refractivity (Wildman–Crippen MR) is 93.0 cm³/mol. The van der Waals surface area contributed by atoms with Crippen molar-refractivity contribution in [2.24, 2.45) is 7.05 Å². The van der Waals surface area contributed by atoms with E-state index in [1.54, 1.807) is 7.05 Å². The predicted octanol–water partition coefficient (Wildman–Crippen LogP) is 2.46. The molecule has 0 aliphatic rings. The summed E-state index contributed by atoms with van der Waals surface area (Å²) in [7, 11) is 1.67. The molecule has 3 aromatic rings. The summed E-state index contributed by atoms with van der Waals surface area (Å²) in [5.41, 5.74) is 0.293. The number of rotatable bonds is 5. The lowest BCUT2D eigenvalue weighted by Crippen LogP contribution is -2.35. The Labute approximate surface area is 142 Å². The van der Waals surface area contributed by atoms with E-state index in [4.69, 9.17) is 4.52 Å². The van der Waals surface area contributed by atoms with Gasteiger partial charge in [0, 0.05) is 11.1 Å². The molecule has 1 heterocycles. The summed E-state index contributed by atoms with van der Waals surface area (Å²) in [4.78, 5) is 24.3. The van der Waals surface area contributed by atoms with Crippen LogP contribution in [0.2, 0.25) is 0 Å².